The molecule has 1 N–H and O–H groups in total. The lowest BCUT2D eigenvalue weighted by molar-refractivity contribution is 0.0997. The molecule has 0 fully saturated rings. The maximum Gasteiger partial charge on any atom is 0.178 e. The maximum atomic E-state index is 11.9. The van der Waals surface area contributed by atoms with Crippen LogP contribution in [0.1, 0.15) is 22.8 Å². The number of aromatic amines is 1. The van der Waals surface area contributed by atoms with Gasteiger partial charge in [0.2, 0.25) is 0 Å². The normalized spacial score (nSPS) is 12.3. The molecule has 80 valence electrons. The summed E-state index contributed by atoms with van der Waals surface area (Å²) in [6.07, 6.45) is 1.69. The molecule has 0 saturated carbocycles. The van der Waals surface area contributed by atoms with Gasteiger partial charge in [-0.1, -0.05) is 15.9 Å². The molecule has 2 rings (SSSR count). The predicted octanol–water partition coefficient (Wildman–Crippen LogP) is 3.01. The first kappa shape index (κ1) is 10.9. The molecule has 1 unspecified atom stereocenters. The molecular weight excluding hydrogens is 268 g/mol. The molecule has 0 saturated heterocycles. The lowest BCUT2D eigenvalue weighted by Gasteiger charge is -2.00. The predicted molar refractivity (Wildman–Crippen MR) is 65.7 cm³/mol. The van der Waals surface area contributed by atoms with Crippen LogP contribution in [0.25, 0.3) is 10.9 Å². The number of H-pyrrole nitrogens is 1. The number of benzene rings is 1. The quantitative estimate of drug-likeness (QED) is 0.677. The van der Waals surface area contributed by atoms with E-state index < -0.39 is 0 Å². The fourth-order valence-corrected chi connectivity index (χ4v) is 1.85. The van der Waals surface area contributed by atoms with Crippen molar-refractivity contribution in [3.8, 4) is 6.07 Å². The number of hydrogen-bond donors (Lipinski definition) is 1. The molecule has 16 heavy (non-hydrogen) atoms. The van der Waals surface area contributed by atoms with E-state index in [4.69, 9.17) is 5.26 Å². The van der Waals surface area contributed by atoms with Crippen molar-refractivity contribution in [1.82, 2.24) is 4.98 Å². The molecule has 1 heterocycles. The number of nitrogens with one attached hydrogen (secondary N) is 1. The lowest BCUT2D eigenvalue weighted by Crippen LogP contribution is -2.09. The first-order valence-electron chi connectivity index (χ1n) is 4.83. The Labute approximate surface area is 101 Å². The highest BCUT2D eigenvalue weighted by molar-refractivity contribution is 9.10. The summed E-state index contributed by atoms with van der Waals surface area (Å²) in [5, 5.41) is 9.62. The molecule has 0 radical (unpaired) electrons. The molecule has 0 aliphatic rings. The Hall–Kier alpha value is -1.60. The van der Waals surface area contributed by atoms with Crippen molar-refractivity contribution in [3.05, 3.63) is 35.5 Å². The van der Waals surface area contributed by atoms with E-state index in [2.05, 4.69) is 27.0 Å². The fraction of sp³-hybridized carbons (Fsp3) is 0.167. The fourth-order valence-electron chi connectivity index (χ4n) is 1.61. The third kappa shape index (κ3) is 1.74. The molecule has 1 aromatic heterocycles. The number of hydrogen-bond acceptors (Lipinski definition) is 2. The number of aromatic nitrogens is 1. The van der Waals surface area contributed by atoms with Crippen LogP contribution in [0, 0.1) is 11.3 Å². The highest BCUT2D eigenvalue weighted by Crippen LogP contribution is 2.22. The maximum absolute atomic E-state index is 11.9. The second-order valence-electron chi connectivity index (χ2n) is 3.55. The number of nitrogens with zero attached hydrogens (tertiary/aromatic N) is 1. The number of ketones is 1. The van der Waals surface area contributed by atoms with Gasteiger partial charge >= 0.3 is 0 Å². The van der Waals surface area contributed by atoms with Crippen molar-refractivity contribution in [3.63, 3.8) is 0 Å². The summed E-state index contributed by atoms with van der Waals surface area (Å²) in [6, 6.07) is 7.33. The minimum absolute atomic E-state index is 0.0151. The second-order valence-corrected chi connectivity index (χ2v) is 4.93. The van der Waals surface area contributed by atoms with Gasteiger partial charge in [0.1, 0.15) is 0 Å². The minimum Gasteiger partial charge on any atom is -0.360 e. The summed E-state index contributed by atoms with van der Waals surface area (Å²) < 4.78 is 0. The lowest BCUT2D eigenvalue weighted by atomic mass is 10.1. The number of carbonyl (C=O) groups excluding carboxylic acids is 1. The SMILES string of the molecule is CC(Br)C(=O)c1c[nH]c2ccc(C#N)cc12. The van der Waals surface area contributed by atoms with E-state index in [9.17, 15) is 4.79 Å². The van der Waals surface area contributed by atoms with Crippen molar-refractivity contribution in [2.45, 2.75) is 11.8 Å². The smallest absolute Gasteiger partial charge is 0.178 e. The van der Waals surface area contributed by atoms with Crippen molar-refractivity contribution >= 4 is 32.6 Å². The summed E-state index contributed by atoms with van der Waals surface area (Å²) >= 11 is 3.25. The highest BCUT2D eigenvalue weighted by atomic mass is 79.9. The third-order valence-electron chi connectivity index (χ3n) is 2.44. The number of Topliss-reactive ketones (excluding diaryl/α,β-unsaturated/α-hetero) is 1. The Morgan fingerprint density at radius 3 is 2.94 bits per heavy atom. The van der Waals surface area contributed by atoms with Crippen molar-refractivity contribution in [1.29, 1.82) is 5.26 Å². The summed E-state index contributed by atoms with van der Waals surface area (Å²) in [6.45, 7) is 1.79. The second kappa shape index (κ2) is 4.11. The number of rotatable bonds is 2. The van der Waals surface area contributed by atoms with Crippen LogP contribution in [0.2, 0.25) is 0 Å². The van der Waals surface area contributed by atoms with Gasteiger partial charge in [-0.2, -0.15) is 5.26 Å². The Bertz CT molecular complexity index is 593. The van der Waals surface area contributed by atoms with Gasteiger partial charge < -0.3 is 4.98 Å². The Kier molecular flexibility index (Phi) is 2.80. The number of fused-ring (bicyclic) bond motifs is 1. The van der Waals surface area contributed by atoms with Crippen LogP contribution in [0.5, 0.6) is 0 Å². The van der Waals surface area contributed by atoms with Crippen LogP contribution in [0.15, 0.2) is 24.4 Å². The van der Waals surface area contributed by atoms with E-state index in [1.807, 2.05) is 6.07 Å². The average Bonchev–Trinajstić information content (AvgIpc) is 2.70. The molecule has 0 bridgehead atoms. The molecule has 1 atom stereocenters. The Morgan fingerprint density at radius 2 is 2.31 bits per heavy atom. The summed E-state index contributed by atoms with van der Waals surface area (Å²) in [7, 11) is 0. The third-order valence-corrected chi connectivity index (χ3v) is 2.85. The zero-order valence-electron chi connectivity index (χ0n) is 8.62. The van der Waals surface area contributed by atoms with Crippen LogP contribution < -0.4 is 0 Å². The first-order valence-corrected chi connectivity index (χ1v) is 5.74. The topological polar surface area (TPSA) is 56.6 Å². The average molecular weight is 277 g/mol. The first-order chi connectivity index (χ1) is 7.63. The van der Waals surface area contributed by atoms with Crippen molar-refractivity contribution in [2.75, 3.05) is 0 Å². The van der Waals surface area contributed by atoms with E-state index in [0.717, 1.165) is 10.9 Å². The van der Waals surface area contributed by atoms with E-state index in [0.29, 0.717) is 11.1 Å². The Morgan fingerprint density at radius 1 is 1.56 bits per heavy atom. The molecule has 4 heteroatoms. The Balaban J connectivity index is 2.64. The van der Waals surface area contributed by atoms with Gasteiger partial charge in [0, 0.05) is 22.7 Å². The monoisotopic (exact) mass is 276 g/mol. The van der Waals surface area contributed by atoms with Gasteiger partial charge in [-0.15, -0.1) is 0 Å². The van der Waals surface area contributed by atoms with Gasteiger partial charge in [-0.05, 0) is 25.1 Å². The number of carbonyl (C=O) groups is 1. The number of alkyl halides is 1. The molecule has 0 amide bonds. The summed E-state index contributed by atoms with van der Waals surface area (Å²) in [5.74, 6) is 0.0151. The van der Waals surface area contributed by atoms with Crippen LogP contribution >= 0.6 is 15.9 Å². The minimum atomic E-state index is -0.225. The van der Waals surface area contributed by atoms with E-state index in [-0.39, 0.29) is 10.6 Å². The van der Waals surface area contributed by atoms with Crippen molar-refractivity contribution in [2.24, 2.45) is 0 Å². The van der Waals surface area contributed by atoms with E-state index in [1.165, 1.54) is 0 Å². The number of halogens is 1. The summed E-state index contributed by atoms with van der Waals surface area (Å²) in [4.78, 5) is 14.7. The van der Waals surface area contributed by atoms with Gasteiger partial charge in [0.25, 0.3) is 0 Å². The van der Waals surface area contributed by atoms with Gasteiger partial charge in [-0.3, -0.25) is 4.79 Å². The van der Waals surface area contributed by atoms with Crippen LogP contribution in [-0.4, -0.2) is 15.6 Å². The molecular formula is C12H9BrN2O. The number of nitriles is 1. The zero-order chi connectivity index (χ0) is 11.7. The van der Waals surface area contributed by atoms with Crippen LogP contribution in [0.4, 0.5) is 0 Å². The van der Waals surface area contributed by atoms with Crippen molar-refractivity contribution < 1.29 is 4.79 Å². The molecule has 3 nitrogen and oxygen atoms in total. The van der Waals surface area contributed by atoms with E-state index >= 15 is 0 Å². The van der Waals surface area contributed by atoms with Gasteiger partial charge in [0.05, 0.1) is 16.5 Å². The van der Waals surface area contributed by atoms with Crippen LogP contribution in [0.3, 0.4) is 0 Å². The molecule has 1 aromatic carbocycles. The highest BCUT2D eigenvalue weighted by Gasteiger charge is 2.16. The molecule has 0 spiro atoms. The van der Waals surface area contributed by atoms with E-state index in [1.54, 1.807) is 25.3 Å². The summed E-state index contributed by atoms with van der Waals surface area (Å²) in [5.41, 5.74) is 2.05. The molecule has 2 aromatic rings. The van der Waals surface area contributed by atoms with Gasteiger partial charge in [0.15, 0.2) is 5.78 Å². The largest absolute Gasteiger partial charge is 0.360 e. The molecule has 0 aliphatic carbocycles. The van der Waals surface area contributed by atoms with Gasteiger partial charge in [-0.25, -0.2) is 0 Å². The zero-order valence-corrected chi connectivity index (χ0v) is 10.2. The van der Waals surface area contributed by atoms with Crippen LogP contribution in [-0.2, 0) is 0 Å². The standard InChI is InChI=1S/C12H9BrN2O/c1-7(13)12(16)10-6-15-11-3-2-8(5-14)4-9(10)11/h2-4,6-7,15H,1H3. The molecule has 0 aliphatic heterocycles.